The van der Waals surface area contributed by atoms with E-state index in [9.17, 15) is 14.9 Å². The number of nitro benzene ring substituents is 1. The topological polar surface area (TPSA) is 86.4 Å². The van der Waals surface area contributed by atoms with Gasteiger partial charge in [0.1, 0.15) is 6.54 Å². The number of benzene rings is 2. The van der Waals surface area contributed by atoms with Crippen LogP contribution in [0.15, 0.2) is 42.5 Å². The zero-order chi connectivity index (χ0) is 18.8. The summed E-state index contributed by atoms with van der Waals surface area (Å²) in [5.74, 6) is 1.50. The van der Waals surface area contributed by atoms with E-state index in [1.165, 1.54) is 34.7 Å². The molecule has 2 aromatic rings. The molecule has 8 nitrogen and oxygen atoms in total. The van der Waals surface area contributed by atoms with Crippen LogP contribution >= 0.6 is 0 Å². The summed E-state index contributed by atoms with van der Waals surface area (Å²) in [5, 5.41) is 10.7. The van der Waals surface area contributed by atoms with Crippen LogP contribution in [0.1, 0.15) is 15.9 Å². The van der Waals surface area contributed by atoms with E-state index in [2.05, 4.69) is 6.07 Å². The van der Waals surface area contributed by atoms with E-state index in [1.54, 1.807) is 0 Å². The van der Waals surface area contributed by atoms with E-state index in [-0.39, 0.29) is 18.4 Å². The van der Waals surface area contributed by atoms with Crippen molar-refractivity contribution in [3.63, 3.8) is 0 Å². The van der Waals surface area contributed by atoms with Gasteiger partial charge in [0.2, 0.25) is 6.79 Å². The van der Waals surface area contributed by atoms with E-state index < -0.39 is 4.92 Å². The van der Waals surface area contributed by atoms with Gasteiger partial charge in [0.05, 0.1) is 31.1 Å². The van der Waals surface area contributed by atoms with Crippen molar-refractivity contribution in [3.05, 3.63) is 63.7 Å². The number of quaternary nitrogens is 1. The molecule has 27 heavy (non-hydrogen) atoms. The lowest BCUT2D eigenvalue weighted by atomic mass is 10.1. The summed E-state index contributed by atoms with van der Waals surface area (Å²) in [7, 11) is 0. The Morgan fingerprint density at radius 2 is 1.78 bits per heavy atom. The monoisotopic (exact) mass is 370 g/mol. The first-order valence-corrected chi connectivity index (χ1v) is 8.86. The average molecular weight is 370 g/mol. The summed E-state index contributed by atoms with van der Waals surface area (Å²) in [6, 6.07) is 11.8. The zero-order valence-electron chi connectivity index (χ0n) is 14.7. The van der Waals surface area contributed by atoms with Crippen molar-refractivity contribution in [2.24, 2.45) is 0 Å². The molecule has 2 aliphatic heterocycles. The number of nitro groups is 1. The minimum atomic E-state index is -0.466. The lowest BCUT2D eigenvalue weighted by Gasteiger charge is -2.32. The SMILES string of the molecule is O=C(c1ccc([N+](=O)[O-])cc1)N1CC[NH+](Cc2ccc3c(c2)OCO3)CC1. The largest absolute Gasteiger partial charge is 0.454 e. The summed E-state index contributed by atoms with van der Waals surface area (Å²) in [5.41, 5.74) is 1.66. The van der Waals surface area contributed by atoms with Crippen LogP contribution in [0.4, 0.5) is 5.69 Å². The highest BCUT2D eigenvalue weighted by Gasteiger charge is 2.25. The smallest absolute Gasteiger partial charge is 0.269 e. The Morgan fingerprint density at radius 3 is 2.48 bits per heavy atom. The third-order valence-electron chi connectivity index (χ3n) is 4.97. The number of nitrogens with one attached hydrogen (secondary N) is 1. The Hall–Kier alpha value is -3.13. The number of piperazine rings is 1. The van der Waals surface area contributed by atoms with Gasteiger partial charge in [-0.25, -0.2) is 0 Å². The van der Waals surface area contributed by atoms with Gasteiger partial charge < -0.3 is 19.3 Å². The third kappa shape index (κ3) is 3.70. The number of nitrogens with zero attached hydrogens (tertiary/aromatic N) is 2. The highest BCUT2D eigenvalue weighted by Crippen LogP contribution is 2.32. The Morgan fingerprint density at radius 1 is 1.07 bits per heavy atom. The standard InChI is InChI=1S/C19H19N3O5/c23-19(15-2-4-16(5-3-15)22(24)25)21-9-7-20(8-10-21)12-14-1-6-17-18(11-14)27-13-26-17/h1-6,11H,7-10,12-13H2/p+1. The lowest BCUT2D eigenvalue weighted by Crippen LogP contribution is -3.13. The Labute approximate surface area is 156 Å². The third-order valence-corrected chi connectivity index (χ3v) is 4.97. The van der Waals surface area contributed by atoms with Crippen LogP contribution < -0.4 is 14.4 Å². The van der Waals surface area contributed by atoms with E-state index in [1.807, 2.05) is 17.0 Å². The molecule has 0 bridgehead atoms. The number of amides is 1. The van der Waals surface area contributed by atoms with E-state index >= 15 is 0 Å². The fraction of sp³-hybridized carbons (Fsp3) is 0.316. The molecule has 0 atom stereocenters. The highest BCUT2D eigenvalue weighted by atomic mass is 16.7. The van der Waals surface area contributed by atoms with Crippen molar-refractivity contribution in [2.75, 3.05) is 33.0 Å². The second kappa shape index (κ2) is 7.24. The molecule has 4 rings (SSSR count). The fourth-order valence-electron chi connectivity index (χ4n) is 3.45. The molecule has 2 heterocycles. The molecule has 0 saturated carbocycles. The van der Waals surface area contributed by atoms with Gasteiger partial charge in [-0.2, -0.15) is 0 Å². The number of carbonyl (C=O) groups excluding carboxylic acids is 1. The van der Waals surface area contributed by atoms with Gasteiger partial charge in [-0.1, -0.05) is 0 Å². The average Bonchev–Trinajstić information content (AvgIpc) is 3.16. The number of rotatable bonds is 4. The summed E-state index contributed by atoms with van der Waals surface area (Å²) in [6.45, 7) is 4.18. The maximum atomic E-state index is 12.6. The molecule has 2 aromatic carbocycles. The normalized spacial score (nSPS) is 16.4. The Kier molecular flexibility index (Phi) is 4.64. The second-order valence-electron chi connectivity index (χ2n) is 6.71. The fourth-order valence-corrected chi connectivity index (χ4v) is 3.45. The van der Waals surface area contributed by atoms with Crippen molar-refractivity contribution in [3.8, 4) is 11.5 Å². The summed E-state index contributed by atoms with van der Waals surface area (Å²) >= 11 is 0. The van der Waals surface area contributed by atoms with Crippen molar-refractivity contribution >= 4 is 11.6 Å². The molecular weight excluding hydrogens is 350 g/mol. The minimum absolute atomic E-state index is 0.00969. The van der Waals surface area contributed by atoms with E-state index in [0.29, 0.717) is 18.7 Å². The maximum absolute atomic E-state index is 12.6. The molecule has 2 aliphatic rings. The number of carbonyl (C=O) groups is 1. The number of hydrogen-bond acceptors (Lipinski definition) is 5. The molecule has 0 aromatic heterocycles. The number of hydrogen-bond donors (Lipinski definition) is 1. The van der Waals surface area contributed by atoms with Crippen molar-refractivity contribution in [1.82, 2.24) is 4.90 Å². The maximum Gasteiger partial charge on any atom is 0.269 e. The highest BCUT2D eigenvalue weighted by molar-refractivity contribution is 5.94. The molecule has 0 radical (unpaired) electrons. The predicted octanol–water partition coefficient (Wildman–Crippen LogP) is 0.864. The van der Waals surface area contributed by atoms with Crippen LogP contribution in [-0.2, 0) is 6.54 Å². The van der Waals surface area contributed by atoms with Gasteiger partial charge in [0.25, 0.3) is 11.6 Å². The van der Waals surface area contributed by atoms with E-state index in [0.717, 1.165) is 31.1 Å². The second-order valence-corrected chi connectivity index (χ2v) is 6.71. The van der Waals surface area contributed by atoms with Crippen LogP contribution in [0.5, 0.6) is 11.5 Å². The Balaban J connectivity index is 1.33. The molecule has 0 aliphatic carbocycles. The number of ether oxygens (including phenoxy) is 2. The molecule has 8 heteroatoms. The first-order valence-electron chi connectivity index (χ1n) is 8.86. The predicted molar refractivity (Wildman–Crippen MR) is 96.0 cm³/mol. The van der Waals surface area contributed by atoms with Crippen molar-refractivity contribution in [2.45, 2.75) is 6.54 Å². The minimum Gasteiger partial charge on any atom is -0.454 e. The van der Waals surface area contributed by atoms with Crippen LogP contribution in [-0.4, -0.2) is 48.7 Å². The van der Waals surface area contributed by atoms with Gasteiger partial charge in [0.15, 0.2) is 11.5 Å². The molecule has 1 amide bonds. The summed E-state index contributed by atoms with van der Waals surface area (Å²) in [6.07, 6.45) is 0. The van der Waals surface area contributed by atoms with Gasteiger partial charge >= 0.3 is 0 Å². The first kappa shape index (κ1) is 17.3. The molecule has 0 unspecified atom stereocenters. The zero-order valence-corrected chi connectivity index (χ0v) is 14.7. The van der Waals surface area contributed by atoms with Crippen molar-refractivity contribution in [1.29, 1.82) is 0 Å². The molecule has 1 fully saturated rings. The van der Waals surface area contributed by atoms with Gasteiger partial charge in [-0.3, -0.25) is 14.9 Å². The van der Waals surface area contributed by atoms with E-state index in [4.69, 9.17) is 9.47 Å². The molecule has 1 saturated heterocycles. The molecule has 0 spiro atoms. The lowest BCUT2D eigenvalue weighted by molar-refractivity contribution is -0.917. The molecule has 140 valence electrons. The Bertz CT molecular complexity index is 860. The summed E-state index contributed by atoms with van der Waals surface area (Å²) in [4.78, 5) is 26.1. The number of non-ortho nitro benzene ring substituents is 1. The van der Waals surface area contributed by atoms with Crippen LogP contribution in [0.2, 0.25) is 0 Å². The molecular formula is C19H20N3O5+. The molecule has 1 N–H and O–H groups in total. The number of fused-ring (bicyclic) bond motifs is 1. The van der Waals surface area contributed by atoms with Gasteiger partial charge in [0, 0.05) is 23.3 Å². The van der Waals surface area contributed by atoms with Crippen molar-refractivity contribution < 1.29 is 24.1 Å². The van der Waals surface area contributed by atoms with Gasteiger partial charge in [-0.15, -0.1) is 0 Å². The summed E-state index contributed by atoms with van der Waals surface area (Å²) < 4.78 is 10.8. The van der Waals surface area contributed by atoms with Crippen LogP contribution in [0.3, 0.4) is 0 Å². The van der Waals surface area contributed by atoms with Crippen LogP contribution in [0.25, 0.3) is 0 Å². The van der Waals surface area contributed by atoms with Gasteiger partial charge in [-0.05, 0) is 30.3 Å². The first-order chi connectivity index (χ1) is 13.1. The van der Waals surface area contributed by atoms with Crippen LogP contribution in [0, 0.1) is 10.1 Å². The quantitative estimate of drug-likeness (QED) is 0.637.